The first-order valence-corrected chi connectivity index (χ1v) is 7.46. The third-order valence-electron chi connectivity index (χ3n) is 4.08. The molecule has 1 fully saturated rings. The standard InChI is InChI=1S/C14H24N4O/c1(11-19-13-2-4-15-5-3-13)7-17-9-10-18-8-6-16-14(18)12-17/h6,8,13,15H,1-5,7,9-12H2. The number of ether oxygens (including phenoxy) is 1. The summed E-state index contributed by atoms with van der Waals surface area (Å²) in [4.78, 5) is 6.87. The minimum absolute atomic E-state index is 0.488. The number of hydrogen-bond acceptors (Lipinski definition) is 4. The Labute approximate surface area is 114 Å². The minimum Gasteiger partial charge on any atom is -0.378 e. The average Bonchev–Trinajstić information content (AvgIpc) is 2.92. The number of nitrogens with one attached hydrogen (secondary N) is 1. The second kappa shape index (κ2) is 6.50. The smallest absolute Gasteiger partial charge is 0.122 e. The Morgan fingerprint density at radius 3 is 3.11 bits per heavy atom. The van der Waals surface area contributed by atoms with Crippen LogP contribution in [-0.2, 0) is 17.8 Å². The normalized spacial score (nSPS) is 21.5. The van der Waals surface area contributed by atoms with E-state index in [1.54, 1.807) is 0 Å². The summed E-state index contributed by atoms with van der Waals surface area (Å²) in [5.74, 6) is 1.20. The van der Waals surface area contributed by atoms with E-state index in [4.69, 9.17) is 4.74 Å². The minimum atomic E-state index is 0.488. The molecule has 1 N–H and O–H groups in total. The highest BCUT2D eigenvalue weighted by molar-refractivity contribution is 4.95. The maximum absolute atomic E-state index is 5.94. The molecule has 0 radical (unpaired) electrons. The average molecular weight is 264 g/mol. The fraction of sp³-hybridized carbons (Fsp3) is 0.786. The van der Waals surface area contributed by atoms with E-state index in [-0.39, 0.29) is 0 Å². The lowest BCUT2D eigenvalue weighted by molar-refractivity contribution is 0.0266. The topological polar surface area (TPSA) is 42.3 Å². The van der Waals surface area contributed by atoms with Crippen molar-refractivity contribution in [2.24, 2.45) is 0 Å². The molecular weight excluding hydrogens is 240 g/mol. The van der Waals surface area contributed by atoms with Gasteiger partial charge < -0.3 is 14.6 Å². The van der Waals surface area contributed by atoms with Gasteiger partial charge >= 0.3 is 0 Å². The molecule has 0 aromatic carbocycles. The third kappa shape index (κ3) is 3.55. The predicted molar refractivity (Wildman–Crippen MR) is 74.0 cm³/mol. The van der Waals surface area contributed by atoms with Crippen molar-refractivity contribution in [3.63, 3.8) is 0 Å². The molecule has 3 rings (SSSR count). The molecule has 19 heavy (non-hydrogen) atoms. The Hall–Kier alpha value is -0.910. The summed E-state index contributed by atoms with van der Waals surface area (Å²) in [5.41, 5.74) is 0. The molecule has 2 aliphatic rings. The van der Waals surface area contributed by atoms with Crippen LogP contribution in [0.15, 0.2) is 12.4 Å². The van der Waals surface area contributed by atoms with Crippen LogP contribution < -0.4 is 5.32 Å². The van der Waals surface area contributed by atoms with Crippen LogP contribution in [0.3, 0.4) is 0 Å². The highest BCUT2D eigenvalue weighted by Crippen LogP contribution is 2.11. The van der Waals surface area contributed by atoms with Crippen molar-refractivity contribution in [2.75, 3.05) is 32.8 Å². The fourth-order valence-corrected chi connectivity index (χ4v) is 2.91. The second-order valence-corrected chi connectivity index (χ2v) is 5.49. The van der Waals surface area contributed by atoms with Gasteiger partial charge in [-0.25, -0.2) is 4.98 Å². The van der Waals surface area contributed by atoms with Gasteiger partial charge in [-0.05, 0) is 32.4 Å². The monoisotopic (exact) mass is 264 g/mol. The number of aromatic nitrogens is 2. The third-order valence-corrected chi connectivity index (χ3v) is 4.08. The number of nitrogens with zero attached hydrogens (tertiary/aromatic N) is 3. The summed E-state index contributed by atoms with van der Waals surface area (Å²) in [7, 11) is 0. The van der Waals surface area contributed by atoms with Crippen molar-refractivity contribution in [2.45, 2.75) is 38.5 Å². The van der Waals surface area contributed by atoms with Crippen molar-refractivity contribution in [1.29, 1.82) is 0 Å². The predicted octanol–water partition coefficient (Wildman–Crippen LogP) is 0.857. The van der Waals surface area contributed by atoms with Crippen LogP contribution in [0.2, 0.25) is 0 Å². The van der Waals surface area contributed by atoms with Gasteiger partial charge in [0.05, 0.1) is 12.6 Å². The van der Waals surface area contributed by atoms with E-state index in [0.29, 0.717) is 6.10 Å². The van der Waals surface area contributed by atoms with Crippen molar-refractivity contribution in [1.82, 2.24) is 19.8 Å². The maximum Gasteiger partial charge on any atom is 0.122 e. The molecule has 5 nitrogen and oxygen atoms in total. The first kappa shape index (κ1) is 13.1. The Kier molecular flexibility index (Phi) is 4.48. The van der Waals surface area contributed by atoms with Crippen LogP contribution >= 0.6 is 0 Å². The fourth-order valence-electron chi connectivity index (χ4n) is 2.91. The molecule has 0 aliphatic carbocycles. The Morgan fingerprint density at radius 2 is 2.21 bits per heavy atom. The summed E-state index contributed by atoms with van der Waals surface area (Å²) in [6, 6.07) is 0. The number of rotatable bonds is 5. The van der Waals surface area contributed by atoms with Crippen molar-refractivity contribution >= 4 is 0 Å². The van der Waals surface area contributed by atoms with Crippen molar-refractivity contribution in [3.8, 4) is 0 Å². The molecule has 0 spiro atoms. The lowest BCUT2D eigenvalue weighted by atomic mass is 10.1. The molecule has 0 unspecified atom stereocenters. The van der Waals surface area contributed by atoms with Gasteiger partial charge in [0.2, 0.25) is 0 Å². The van der Waals surface area contributed by atoms with Crippen LogP contribution in [0.1, 0.15) is 25.1 Å². The van der Waals surface area contributed by atoms with E-state index < -0.39 is 0 Å². The molecule has 3 heterocycles. The summed E-state index contributed by atoms with van der Waals surface area (Å²) < 4.78 is 8.19. The molecule has 1 aromatic rings. The van der Waals surface area contributed by atoms with E-state index in [1.165, 1.54) is 18.7 Å². The number of fused-ring (bicyclic) bond motifs is 1. The van der Waals surface area contributed by atoms with Gasteiger partial charge in [-0.1, -0.05) is 0 Å². The number of piperidine rings is 1. The zero-order valence-electron chi connectivity index (χ0n) is 11.6. The zero-order chi connectivity index (χ0) is 12.9. The van der Waals surface area contributed by atoms with Crippen LogP contribution in [0.5, 0.6) is 0 Å². The highest BCUT2D eigenvalue weighted by Gasteiger charge is 2.16. The Morgan fingerprint density at radius 1 is 1.32 bits per heavy atom. The van der Waals surface area contributed by atoms with Gasteiger partial charge in [-0.15, -0.1) is 0 Å². The maximum atomic E-state index is 5.94. The van der Waals surface area contributed by atoms with Gasteiger partial charge in [0.1, 0.15) is 5.82 Å². The molecular formula is C14H24N4O. The number of imidazole rings is 1. The molecule has 0 saturated carbocycles. The molecule has 1 saturated heterocycles. The zero-order valence-corrected chi connectivity index (χ0v) is 11.6. The second-order valence-electron chi connectivity index (χ2n) is 5.49. The van der Waals surface area contributed by atoms with Crippen molar-refractivity contribution in [3.05, 3.63) is 18.2 Å². The first-order chi connectivity index (χ1) is 9.42. The Balaban J connectivity index is 1.32. The number of hydrogen-bond donors (Lipinski definition) is 1. The quantitative estimate of drug-likeness (QED) is 0.801. The van der Waals surface area contributed by atoms with E-state index in [2.05, 4.69) is 26.0 Å². The van der Waals surface area contributed by atoms with Crippen LogP contribution in [0.25, 0.3) is 0 Å². The Bertz CT molecular complexity index is 387. The van der Waals surface area contributed by atoms with Gasteiger partial charge in [0.15, 0.2) is 0 Å². The summed E-state index contributed by atoms with van der Waals surface area (Å²) >= 11 is 0. The van der Waals surface area contributed by atoms with Crippen LogP contribution in [0, 0.1) is 0 Å². The molecule has 0 atom stereocenters. The van der Waals surface area contributed by atoms with Gasteiger partial charge in [-0.3, -0.25) is 4.90 Å². The summed E-state index contributed by atoms with van der Waals surface area (Å²) in [5, 5.41) is 3.37. The summed E-state index contributed by atoms with van der Waals surface area (Å²) in [6.07, 6.45) is 7.93. The van der Waals surface area contributed by atoms with Gasteiger partial charge in [-0.2, -0.15) is 0 Å². The largest absolute Gasteiger partial charge is 0.378 e. The van der Waals surface area contributed by atoms with E-state index in [9.17, 15) is 0 Å². The molecule has 2 aliphatic heterocycles. The molecule has 0 bridgehead atoms. The van der Waals surface area contributed by atoms with Crippen molar-refractivity contribution < 1.29 is 4.74 Å². The molecule has 106 valence electrons. The molecule has 5 heteroatoms. The van der Waals surface area contributed by atoms with Crippen LogP contribution in [-0.4, -0.2) is 53.3 Å². The van der Waals surface area contributed by atoms with E-state index >= 15 is 0 Å². The van der Waals surface area contributed by atoms with Gasteiger partial charge in [0, 0.05) is 38.6 Å². The molecule has 1 aromatic heterocycles. The highest BCUT2D eigenvalue weighted by atomic mass is 16.5. The van der Waals surface area contributed by atoms with E-state index in [0.717, 1.165) is 52.3 Å². The lowest BCUT2D eigenvalue weighted by Gasteiger charge is -2.28. The van der Waals surface area contributed by atoms with E-state index in [1.807, 2.05) is 6.20 Å². The van der Waals surface area contributed by atoms with Gasteiger partial charge in [0.25, 0.3) is 0 Å². The SMILES string of the molecule is c1cn2c(n1)CN(CCCOC1CCNCC1)CC2. The summed E-state index contributed by atoms with van der Waals surface area (Å²) in [6.45, 7) is 7.44. The lowest BCUT2D eigenvalue weighted by Crippen LogP contribution is -2.35. The van der Waals surface area contributed by atoms with Crippen LogP contribution in [0.4, 0.5) is 0 Å². The molecule has 0 amide bonds. The first-order valence-electron chi connectivity index (χ1n) is 7.46.